The van der Waals surface area contributed by atoms with Crippen LogP contribution >= 0.6 is 22.9 Å². The average Bonchev–Trinajstić information content (AvgIpc) is 3.01. The van der Waals surface area contributed by atoms with Crippen molar-refractivity contribution in [3.8, 4) is 5.75 Å². The minimum absolute atomic E-state index is 0.0353. The molecule has 5 nitrogen and oxygen atoms in total. The summed E-state index contributed by atoms with van der Waals surface area (Å²) in [7, 11) is 1.73. The van der Waals surface area contributed by atoms with Gasteiger partial charge in [0.2, 0.25) is 0 Å². The van der Waals surface area contributed by atoms with E-state index in [4.69, 9.17) is 16.3 Å². The lowest BCUT2D eigenvalue weighted by molar-refractivity contribution is 0.102. The number of aryl methyl sites for hydroxylation is 1. The highest BCUT2D eigenvalue weighted by molar-refractivity contribution is 7.16. The van der Waals surface area contributed by atoms with E-state index < -0.39 is 0 Å². The summed E-state index contributed by atoms with van der Waals surface area (Å²) in [5, 5.41) is 3.51. The van der Waals surface area contributed by atoms with Gasteiger partial charge in [0.15, 0.2) is 0 Å². The fraction of sp³-hybridized carbons (Fsp3) is 0.0909. The highest BCUT2D eigenvalue weighted by Crippen LogP contribution is 2.23. The van der Waals surface area contributed by atoms with E-state index in [1.807, 2.05) is 30.3 Å². The van der Waals surface area contributed by atoms with Gasteiger partial charge in [-0.1, -0.05) is 47.2 Å². The van der Waals surface area contributed by atoms with Crippen molar-refractivity contribution in [2.75, 3.05) is 5.32 Å². The fourth-order valence-electron chi connectivity index (χ4n) is 2.92. The molecule has 0 atom stereocenters. The van der Waals surface area contributed by atoms with Gasteiger partial charge in [0.25, 0.3) is 5.91 Å². The molecule has 1 amide bonds. The number of benzene rings is 3. The van der Waals surface area contributed by atoms with Crippen molar-refractivity contribution in [1.82, 2.24) is 4.57 Å². The Bertz CT molecular complexity index is 1260. The molecule has 0 unspecified atom stereocenters. The summed E-state index contributed by atoms with van der Waals surface area (Å²) in [4.78, 5) is 24.4. The second-order valence-corrected chi connectivity index (χ2v) is 7.87. The van der Waals surface area contributed by atoms with Gasteiger partial charge in [-0.25, -0.2) is 0 Å². The molecule has 1 N–H and O–H groups in total. The standard InChI is InChI=1S/C22H17ClN2O3S/c1-25-19-10-9-16(12-20(19)29-22(25)27)24-21(26)14-6-4-7-17(11-14)28-13-15-5-2-3-8-18(15)23/h2-12H,13H2,1H3,(H,24,26). The third-order valence-corrected chi connectivity index (χ3v) is 5.86. The average molecular weight is 425 g/mol. The number of rotatable bonds is 5. The summed E-state index contributed by atoms with van der Waals surface area (Å²) in [6.45, 7) is 0.314. The number of nitrogens with one attached hydrogen (secondary N) is 1. The first-order valence-electron chi connectivity index (χ1n) is 8.88. The third kappa shape index (κ3) is 4.18. The normalized spacial score (nSPS) is 10.8. The molecule has 1 aromatic heterocycles. The molecule has 0 fully saturated rings. The monoisotopic (exact) mass is 424 g/mol. The first kappa shape index (κ1) is 19.2. The first-order valence-corrected chi connectivity index (χ1v) is 10.1. The van der Waals surface area contributed by atoms with Gasteiger partial charge in [0.1, 0.15) is 12.4 Å². The Morgan fingerprint density at radius 3 is 2.76 bits per heavy atom. The largest absolute Gasteiger partial charge is 0.489 e. The second kappa shape index (κ2) is 8.11. The molecule has 4 rings (SSSR count). The Morgan fingerprint density at radius 1 is 1.10 bits per heavy atom. The maximum atomic E-state index is 12.7. The number of hydrogen-bond donors (Lipinski definition) is 1. The second-order valence-electron chi connectivity index (χ2n) is 6.47. The fourth-order valence-corrected chi connectivity index (χ4v) is 4.03. The highest BCUT2D eigenvalue weighted by Gasteiger charge is 2.10. The maximum absolute atomic E-state index is 12.7. The van der Waals surface area contributed by atoms with E-state index in [0.717, 1.165) is 27.1 Å². The number of ether oxygens (including phenoxy) is 1. The lowest BCUT2D eigenvalue weighted by Crippen LogP contribution is -2.12. The Labute approximate surface area is 176 Å². The van der Waals surface area contributed by atoms with Crippen molar-refractivity contribution in [1.29, 1.82) is 0 Å². The number of nitrogens with zero attached hydrogens (tertiary/aromatic N) is 1. The molecule has 3 aromatic carbocycles. The summed E-state index contributed by atoms with van der Waals surface area (Å²) >= 11 is 7.30. The molecule has 0 spiro atoms. The van der Waals surface area contributed by atoms with Crippen LogP contribution in [0.3, 0.4) is 0 Å². The van der Waals surface area contributed by atoms with Gasteiger partial charge >= 0.3 is 4.87 Å². The van der Waals surface area contributed by atoms with Crippen molar-refractivity contribution in [3.05, 3.63) is 92.5 Å². The van der Waals surface area contributed by atoms with Crippen LogP contribution in [0.25, 0.3) is 10.2 Å². The van der Waals surface area contributed by atoms with Gasteiger partial charge < -0.3 is 14.6 Å². The molecule has 0 aliphatic carbocycles. The SMILES string of the molecule is Cn1c(=O)sc2cc(NC(=O)c3cccc(OCc4ccccc4Cl)c3)ccc21. The molecule has 7 heteroatoms. The number of halogens is 1. The summed E-state index contributed by atoms with van der Waals surface area (Å²) < 4.78 is 8.20. The van der Waals surface area contributed by atoms with E-state index in [1.165, 1.54) is 0 Å². The number of anilines is 1. The van der Waals surface area contributed by atoms with E-state index in [0.29, 0.717) is 28.6 Å². The zero-order valence-corrected chi connectivity index (χ0v) is 17.1. The van der Waals surface area contributed by atoms with Crippen LogP contribution in [0.15, 0.2) is 71.5 Å². The molecular formula is C22H17ClN2O3S. The van der Waals surface area contributed by atoms with Crippen molar-refractivity contribution < 1.29 is 9.53 Å². The Kier molecular flexibility index (Phi) is 5.38. The number of hydrogen-bond acceptors (Lipinski definition) is 4. The van der Waals surface area contributed by atoms with Crippen LogP contribution in [-0.4, -0.2) is 10.5 Å². The summed E-state index contributed by atoms with van der Waals surface area (Å²) in [5.41, 5.74) is 2.82. The molecule has 146 valence electrons. The van der Waals surface area contributed by atoms with E-state index >= 15 is 0 Å². The third-order valence-electron chi connectivity index (χ3n) is 4.50. The van der Waals surface area contributed by atoms with Crippen molar-refractivity contribution in [2.24, 2.45) is 7.05 Å². The maximum Gasteiger partial charge on any atom is 0.307 e. The molecular weight excluding hydrogens is 408 g/mol. The molecule has 0 radical (unpaired) electrons. The molecule has 4 aromatic rings. The molecule has 29 heavy (non-hydrogen) atoms. The van der Waals surface area contributed by atoms with Gasteiger partial charge in [-0.2, -0.15) is 0 Å². The summed E-state index contributed by atoms with van der Waals surface area (Å²) in [6, 6.07) is 19.8. The quantitative estimate of drug-likeness (QED) is 0.485. The van der Waals surface area contributed by atoms with E-state index in [-0.39, 0.29) is 10.8 Å². The Hall–Kier alpha value is -3.09. The van der Waals surface area contributed by atoms with Crippen LogP contribution in [0.4, 0.5) is 5.69 Å². The van der Waals surface area contributed by atoms with Crippen molar-refractivity contribution in [3.63, 3.8) is 0 Å². The van der Waals surface area contributed by atoms with Crippen LogP contribution in [0.1, 0.15) is 15.9 Å². The zero-order chi connectivity index (χ0) is 20.4. The van der Waals surface area contributed by atoms with Crippen LogP contribution in [-0.2, 0) is 13.7 Å². The summed E-state index contributed by atoms with van der Waals surface area (Å²) in [6.07, 6.45) is 0. The number of aromatic nitrogens is 1. The van der Waals surface area contributed by atoms with E-state index in [1.54, 1.807) is 48.0 Å². The van der Waals surface area contributed by atoms with Crippen LogP contribution in [0.5, 0.6) is 5.75 Å². The Balaban J connectivity index is 1.48. The topological polar surface area (TPSA) is 60.3 Å². The molecule has 0 aliphatic rings. The number of amides is 1. The van der Waals surface area contributed by atoms with Gasteiger partial charge in [-0.3, -0.25) is 9.59 Å². The zero-order valence-electron chi connectivity index (χ0n) is 15.5. The number of fused-ring (bicyclic) bond motifs is 1. The lowest BCUT2D eigenvalue weighted by atomic mass is 10.2. The van der Waals surface area contributed by atoms with Crippen LogP contribution in [0, 0.1) is 0 Å². The van der Waals surface area contributed by atoms with Gasteiger partial charge in [0.05, 0.1) is 10.2 Å². The number of carbonyl (C=O) groups excluding carboxylic acids is 1. The minimum atomic E-state index is -0.254. The van der Waals surface area contributed by atoms with Crippen molar-refractivity contribution in [2.45, 2.75) is 6.61 Å². The van der Waals surface area contributed by atoms with Gasteiger partial charge in [-0.05, 0) is 42.5 Å². The predicted molar refractivity (Wildman–Crippen MR) is 117 cm³/mol. The lowest BCUT2D eigenvalue weighted by Gasteiger charge is -2.10. The van der Waals surface area contributed by atoms with E-state index in [9.17, 15) is 9.59 Å². The van der Waals surface area contributed by atoms with E-state index in [2.05, 4.69) is 5.32 Å². The molecule has 0 bridgehead atoms. The molecule has 0 saturated carbocycles. The van der Waals surface area contributed by atoms with Gasteiger partial charge in [-0.15, -0.1) is 0 Å². The molecule has 1 heterocycles. The van der Waals surface area contributed by atoms with Crippen LogP contribution < -0.4 is 14.9 Å². The smallest absolute Gasteiger partial charge is 0.307 e. The molecule has 0 aliphatic heterocycles. The number of thiazole rings is 1. The highest BCUT2D eigenvalue weighted by atomic mass is 35.5. The van der Waals surface area contributed by atoms with Crippen LogP contribution in [0.2, 0.25) is 5.02 Å². The van der Waals surface area contributed by atoms with Gasteiger partial charge in [0, 0.05) is 28.9 Å². The Morgan fingerprint density at radius 2 is 1.93 bits per heavy atom. The predicted octanol–water partition coefficient (Wildman–Crippen LogP) is 5.08. The van der Waals surface area contributed by atoms with Crippen molar-refractivity contribution >= 4 is 44.7 Å². The molecule has 0 saturated heterocycles. The number of carbonyl (C=O) groups is 1. The minimum Gasteiger partial charge on any atom is -0.489 e. The first-order chi connectivity index (χ1) is 14.0. The summed E-state index contributed by atoms with van der Waals surface area (Å²) in [5.74, 6) is 0.324.